The van der Waals surface area contributed by atoms with E-state index in [-0.39, 0.29) is 12.0 Å². The number of hydrogen-bond donors (Lipinski definition) is 1. The number of carbonyl (C=O) groups is 1. The third-order valence-corrected chi connectivity index (χ3v) is 3.31. The van der Waals surface area contributed by atoms with Gasteiger partial charge in [-0.2, -0.15) is 5.10 Å². The van der Waals surface area contributed by atoms with Crippen molar-refractivity contribution in [3.8, 4) is 5.75 Å². The quantitative estimate of drug-likeness (QED) is 0.619. The van der Waals surface area contributed by atoms with E-state index in [9.17, 15) is 4.79 Å². The van der Waals surface area contributed by atoms with Gasteiger partial charge < -0.3 is 14.9 Å². The van der Waals surface area contributed by atoms with Crippen molar-refractivity contribution in [2.75, 3.05) is 13.2 Å². The van der Waals surface area contributed by atoms with Crippen LogP contribution in [0.4, 0.5) is 0 Å². The van der Waals surface area contributed by atoms with Gasteiger partial charge in [0.05, 0.1) is 19.3 Å². The van der Waals surface area contributed by atoms with Gasteiger partial charge in [-0.15, -0.1) is 0 Å². The minimum absolute atomic E-state index is 0.0223. The van der Waals surface area contributed by atoms with Crippen molar-refractivity contribution in [1.82, 2.24) is 5.43 Å². The number of nitrogens with zero attached hydrogens (tertiary/aromatic N) is 1. The number of ether oxygens (including phenoxy) is 2. The predicted molar refractivity (Wildman–Crippen MR) is 81.4 cm³/mol. The summed E-state index contributed by atoms with van der Waals surface area (Å²) in [5.41, 5.74) is 4.51. The molecule has 0 fully saturated rings. The van der Waals surface area contributed by atoms with Crippen LogP contribution in [0.15, 0.2) is 29.4 Å². The Balaban J connectivity index is 1.88. The van der Waals surface area contributed by atoms with E-state index in [1.807, 2.05) is 24.3 Å². The zero-order valence-electron chi connectivity index (χ0n) is 12.6. The predicted octanol–water partition coefficient (Wildman–Crippen LogP) is 2.82. The highest BCUT2D eigenvalue weighted by Crippen LogP contribution is 2.24. The Morgan fingerprint density at radius 1 is 1.33 bits per heavy atom. The van der Waals surface area contributed by atoms with E-state index in [2.05, 4.69) is 17.5 Å². The fourth-order valence-corrected chi connectivity index (χ4v) is 2.11. The van der Waals surface area contributed by atoms with E-state index in [1.165, 1.54) is 0 Å². The average Bonchev–Trinajstić information content (AvgIpc) is 2.98. The molecule has 0 aromatic heterocycles. The van der Waals surface area contributed by atoms with Crippen LogP contribution >= 0.6 is 0 Å². The normalized spacial score (nSPS) is 17.0. The van der Waals surface area contributed by atoms with E-state index in [0.29, 0.717) is 18.7 Å². The molecule has 21 heavy (non-hydrogen) atoms. The maximum atomic E-state index is 11.6. The maximum Gasteiger partial charge on any atom is 0.354 e. The molecule has 0 saturated heterocycles. The van der Waals surface area contributed by atoms with Crippen LogP contribution in [-0.2, 0) is 9.53 Å². The van der Waals surface area contributed by atoms with Crippen molar-refractivity contribution in [2.24, 2.45) is 5.10 Å². The van der Waals surface area contributed by atoms with Gasteiger partial charge in [0.25, 0.3) is 0 Å². The molecule has 1 heterocycles. The third kappa shape index (κ3) is 4.21. The Labute approximate surface area is 125 Å². The van der Waals surface area contributed by atoms with Gasteiger partial charge in [0.2, 0.25) is 0 Å². The molecule has 5 nitrogen and oxygen atoms in total. The van der Waals surface area contributed by atoms with Crippen LogP contribution in [0.2, 0.25) is 0 Å². The molecular formula is C16H22N2O3. The summed E-state index contributed by atoms with van der Waals surface area (Å²) in [4.78, 5) is 11.6. The number of carbonyl (C=O) groups excluding carboxylic acids is 1. The van der Waals surface area contributed by atoms with Crippen LogP contribution < -0.4 is 10.2 Å². The van der Waals surface area contributed by atoms with Crippen molar-refractivity contribution in [3.05, 3.63) is 29.8 Å². The smallest absolute Gasteiger partial charge is 0.354 e. The number of unbranched alkanes of at least 4 members (excludes halogenated alkanes) is 1. The minimum Gasteiger partial charge on any atom is -0.494 e. The third-order valence-electron chi connectivity index (χ3n) is 3.31. The molecule has 1 aromatic rings. The van der Waals surface area contributed by atoms with Crippen LogP contribution in [0.25, 0.3) is 0 Å². The molecule has 5 heteroatoms. The second kappa shape index (κ2) is 7.67. The van der Waals surface area contributed by atoms with E-state index in [1.54, 1.807) is 6.92 Å². The lowest BCUT2D eigenvalue weighted by Gasteiger charge is -2.11. The first-order valence-corrected chi connectivity index (χ1v) is 7.46. The molecule has 1 aliphatic rings. The van der Waals surface area contributed by atoms with Gasteiger partial charge in [-0.05, 0) is 31.0 Å². The topological polar surface area (TPSA) is 59.9 Å². The SMILES string of the molecule is CCCCOc1ccc(C2CC(C(=O)OCC)=NN2)cc1. The van der Waals surface area contributed by atoms with Crippen molar-refractivity contribution in [1.29, 1.82) is 0 Å². The molecule has 0 saturated carbocycles. The Morgan fingerprint density at radius 2 is 2.10 bits per heavy atom. The first kappa shape index (κ1) is 15.4. The fourth-order valence-electron chi connectivity index (χ4n) is 2.11. The lowest BCUT2D eigenvalue weighted by Crippen LogP contribution is -2.16. The van der Waals surface area contributed by atoms with Gasteiger partial charge in [0, 0.05) is 6.42 Å². The Morgan fingerprint density at radius 3 is 2.76 bits per heavy atom. The number of esters is 1. The second-order valence-corrected chi connectivity index (χ2v) is 4.94. The molecule has 1 atom stereocenters. The van der Waals surface area contributed by atoms with Gasteiger partial charge in [0.15, 0.2) is 0 Å². The lowest BCUT2D eigenvalue weighted by atomic mass is 10.0. The van der Waals surface area contributed by atoms with Crippen LogP contribution in [0, 0.1) is 0 Å². The molecule has 0 aliphatic carbocycles. The molecule has 0 amide bonds. The highest BCUT2D eigenvalue weighted by Gasteiger charge is 2.25. The highest BCUT2D eigenvalue weighted by atomic mass is 16.5. The number of nitrogens with one attached hydrogen (secondary N) is 1. The van der Waals surface area contributed by atoms with Crippen LogP contribution in [-0.4, -0.2) is 24.9 Å². The van der Waals surface area contributed by atoms with Gasteiger partial charge in [-0.25, -0.2) is 4.79 Å². The molecule has 1 aromatic carbocycles. The van der Waals surface area contributed by atoms with E-state index >= 15 is 0 Å². The zero-order valence-corrected chi connectivity index (χ0v) is 12.6. The molecule has 0 bridgehead atoms. The lowest BCUT2D eigenvalue weighted by molar-refractivity contribution is -0.135. The molecule has 0 radical (unpaired) electrons. The Bertz CT molecular complexity index is 497. The van der Waals surface area contributed by atoms with Crippen molar-refractivity contribution in [3.63, 3.8) is 0 Å². The van der Waals surface area contributed by atoms with E-state index in [4.69, 9.17) is 9.47 Å². The molecule has 114 valence electrons. The Kier molecular flexibility index (Phi) is 5.60. The van der Waals surface area contributed by atoms with Gasteiger partial charge in [-0.3, -0.25) is 0 Å². The van der Waals surface area contributed by atoms with Crippen molar-refractivity contribution < 1.29 is 14.3 Å². The molecular weight excluding hydrogens is 268 g/mol. The number of hydrogen-bond acceptors (Lipinski definition) is 5. The molecule has 1 aliphatic heterocycles. The fraction of sp³-hybridized carbons (Fsp3) is 0.500. The van der Waals surface area contributed by atoms with Gasteiger partial charge >= 0.3 is 5.97 Å². The van der Waals surface area contributed by atoms with Crippen LogP contribution in [0.5, 0.6) is 5.75 Å². The number of rotatable bonds is 7. The molecule has 1 unspecified atom stereocenters. The van der Waals surface area contributed by atoms with E-state index in [0.717, 1.165) is 30.8 Å². The van der Waals surface area contributed by atoms with Gasteiger partial charge in [-0.1, -0.05) is 25.5 Å². The van der Waals surface area contributed by atoms with Gasteiger partial charge in [0.1, 0.15) is 11.5 Å². The summed E-state index contributed by atoms with van der Waals surface area (Å²) < 4.78 is 10.6. The van der Waals surface area contributed by atoms with Crippen LogP contribution in [0.1, 0.15) is 44.7 Å². The number of benzene rings is 1. The highest BCUT2D eigenvalue weighted by molar-refractivity contribution is 6.36. The minimum atomic E-state index is -0.341. The summed E-state index contributed by atoms with van der Waals surface area (Å²) in [6, 6.07) is 7.93. The summed E-state index contributed by atoms with van der Waals surface area (Å²) in [7, 11) is 0. The molecule has 0 spiro atoms. The number of hydrazone groups is 1. The average molecular weight is 290 g/mol. The largest absolute Gasteiger partial charge is 0.494 e. The van der Waals surface area contributed by atoms with Crippen molar-refractivity contribution in [2.45, 2.75) is 39.2 Å². The van der Waals surface area contributed by atoms with Crippen molar-refractivity contribution >= 4 is 11.7 Å². The molecule has 1 N–H and O–H groups in total. The second-order valence-electron chi connectivity index (χ2n) is 4.94. The summed E-state index contributed by atoms with van der Waals surface area (Å²) >= 11 is 0. The first-order valence-electron chi connectivity index (χ1n) is 7.46. The standard InChI is InChI=1S/C16H22N2O3/c1-3-5-10-21-13-8-6-12(7-9-13)14-11-15(18-17-14)16(19)20-4-2/h6-9,14,17H,3-5,10-11H2,1-2H3. The zero-order chi connectivity index (χ0) is 15.1. The molecule has 2 rings (SSSR count). The van der Waals surface area contributed by atoms with E-state index < -0.39 is 0 Å². The summed E-state index contributed by atoms with van der Waals surface area (Å²) in [5, 5.41) is 4.06. The summed E-state index contributed by atoms with van der Waals surface area (Å²) in [6.45, 7) is 5.04. The summed E-state index contributed by atoms with van der Waals surface area (Å²) in [6.07, 6.45) is 2.73. The monoisotopic (exact) mass is 290 g/mol. The van der Waals surface area contributed by atoms with Crippen LogP contribution in [0.3, 0.4) is 0 Å². The maximum absolute atomic E-state index is 11.6. The summed E-state index contributed by atoms with van der Waals surface area (Å²) in [5.74, 6) is 0.531. The first-order chi connectivity index (χ1) is 10.2. The Hall–Kier alpha value is -2.04.